The third-order valence-electron chi connectivity index (χ3n) is 3.37. The topological polar surface area (TPSA) is 67.2 Å². The van der Waals surface area contributed by atoms with Crippen molar-refractivity contribution in [2.24, 2.45) is 0 Å². The number of nitrogens with zero attached hydrogens (tertiary/aromatic N) is 1. The SMILES string of the molecule is Cc1cccc(NC(Nc2cccc(C)c2)=C(C(Cl)=C(Cl)Br)[N+](=O)[O-])c1. The molecule has 8 heteroatoms. The number of nitrogens with one attached hydrogen (secondary N) is 2. The van der Waals surface area contributed by atoms with Crippen molar-refractivity contribution in [2.45, 2.75) is 13.8 Å². The highest BCUT2D eigenvalue weighted by molar-refractivity contribution is 9.12. The molecule has 2 N–H and O–H groups in total. The third-order valence-corrected chi connectivity index (χ3v) is 4.65. The van der Waals surface area contributed by atoms with Crippen molar-refractivity contribution >= 4 is 50.5 Å². The van der Waals surface area contributed by atoms with Gasteiger partial charge in [-0.05, 0) is 65.2 Å². The number of rotatable bonds is 6. The van der Waals surface area contributed by atoms with Gasteiger partial charge in [-0.3, -0.25) is 10.1 Å². The minimum atomic E-state index is -0.590. The van der Waals surface area contributed by atoms with Gasteiger partial charge in [-0.2, -0.15) is 0 Å². The zero-order chi connectivity index (χ0) is 19.3. The molecule has 0 saturated heterocycles. The van der Waals surface area contributed by atoms with Crippen LogP contribution in [0.3, 0.4) is 0 Å². The Bertz CT molecular complexity index is 844. The van der Waals surface area contributed by atoms with Crippen LogP contribution in [-0.4, -0.2) is 4.92 Å². The highest BCUT2D eigenvalue weighted by atomic mass is 79.9. The van der Waals surface area contributed by atoms with Crippen molar-refractivity contribution in [1.82, 2.24) is 0 Å². The number of hydrogen-bond donors (Lipinski definition) is 2. The second-order valence-corrected chi connectivity index (χ2v) is 7.55. The predicted molar refractivity (Wildman–Crippen MR) is 111 cm³/mol. The van der Waals surface area contributed by atoms with Crippen LogP contribution in [-0.2, 0) is 0 Å². The molecule has 0 aliphatic rings. The quantitative estimate of drug-likeness (QED) is 0.303. The highest BCUT2D eigenvalue weighted by Gasteiger charge is 2.26. The molecular formula is C18H16BrCl2N3O2. The molecule has 0 saturated carbocycles. The molecule has 0 aliphatic carbocycles. The number of hydrogen-bond acceptors (Lipinski definition) is 4. The van der Waals surface area contributed by atoms with Gasteiger partial charge in [0.15, 0.2) is 5.82 Å². The summed E-state index contributed by atoms with van der Waals surface area (Å²) in [6.45, 7) is 3.86. The van der Waals surface area contributed by atoms with Gasteiger partial charge in [-0.25, -0.2) is 0 Å². The zero-order valence-corrected chi connectivity index (χ0v) is 17.1. The Labute approximate surface area is 170 Å². The molecule has 0 aliphatic heterocycles. The molecule has 26 heavy (non-hydrogen) atoms. The van der Waals surface area contributed by atoms with Crippen LogP contribution in [0, 0.1) is 24.0 Å². The summed E-state index contributed by atoms with van der Waals surface area (Å²) in [5.41, 5.74) is 2.99. The maximum absolute atomic E-state index is 11.7. The van der Waals surface area contributed by atoms with Gasteiger partial charge in [0.05, 0.1) is 4.92 Å². The van der Waals surface area contributed by atoms with Crippen molar-refractivity contribution in [3.05, 3.63) is 90.3 Å². The first-order valence-electron chi connectivity index (χ1n) is 7.55. The van der Waals surface area contributed by atoms with Crippen LogP contribution < -0.4 is 10.6 Å². The van der Waals surface area contributed by atoms with Gasteiger partial charge in [0, 0.05) is 11.4 Å². The lowest BCUT2D eigenvalue weighted by Gasteiger charge is -2.15. The van der Waals surface area contributed by atoms with E-state index in [-0.39, 0.29) is 20.5 Å². The summed E-state index contributed by atoms with van der Waals surface area (Å²) in [4.78, 5) is 11.1. The summed E-state index contributed by atoms with van der Waals surface area (Å²) in [7, 11) is 0. The maximum Gasteiger partial charge on any atom is 0.330 e. The zero-order valence-electron chi connectivity index (χ0n) is 14.0. The highest BCUT2D eigenvalue weighted by Crippen LogP contribution is 2.30. The molecule has 2 rings (SSSR count). The molecule has 0 atom stereocenters. The van der Waals surface area contributed by atoms with E-state index in [9.17, 15) is 10.1 Å². The number of benzene rings is 2. The van der Waals surface area contributed by atoms with E-state index in [0.29, 0.717) is 11.4 Å². The van der Waals surface area contributed by atoms with Crippen molar-refractivity contribution in [1.29, 1.82) is 0 Å². The van der Waals surface area contributed by atoms with E-state index >= 15 is 0 Å². The van der Waals surface area contributed by atoms with Gasteiger partial charge in [0.25, 0.3) is 0 Å². The molecule has 0 amide bonds. The number of allylic oxidation sites excluding steroid dienone is 1. The second kappa shape index (κ2) is 9.07. The fraction of sp³-hybridized carbons (Fsp3) is 0.111. The molecule has 136 valence electrons. The molecule has 0 radical (unpaired) electrons. The van der Waals surface area contributed by atoms with Gasteiger partial charge in [-0.15, -0.1) is 0 Å². The average Bonchev–Trinajstić information content (AvgIpc) is 2.54. The van der Waals surface area contributed by atoms with E-state index in [1.165, 1.54) is 0 Å². The van der Waals surface area contributed by atoms with Crippen LogP contribution >= 0.6 is 39.1 Å². The van der Waals surface area contributed by atoms with Crippen molar-refractivity contribution in [3.63, 3.8) is 0 Å². The van der Waals surface area contributed by atoms with Gasteiger partial charge in [-0.1, -0.05) is 47.5 Å². The Morgan fingerprint density at radius 1 is 1.00 bits per heavy atom. The summed E-state index contributed by atoms with van der Waals surface area (Å²) in [6.07, 6.45) is 0. The summed E-state index contributed by atoms with van der Waals surface area (Å²) in [5.74, 6) is 0.105. The minimum absolute atomic E-state index is 0.0551. The summed E-state index contributed by atoms with van der Waals surface area (Å²) >= 11 is 14.9. The van der Waals surface area contributed by atoms with Crippen LogP contribution in [0.1, 0.15) is 11.1 Å². The van der Waals surface area contributed by atoms with Crippen molar-refractivity contribution < 1.29 is 4.92 Å². The van der Waals surface area contributed by atoms with Crippen molar-refractivity contribution in [2.75, 3.05) is 10.6 Å². The van der Waals surface area contributed by atoms with E-state index in [1.54, 1.807) is 12.1 Å². The molecule has 0 unspecified atom stereocenters. The van der Waals surface area contributed by atoms with E-state index in [2.05, 4.69) is 26.6 Å². The van der Waals surface area contributed by atoms with E-state index in [4.69, 9.17) is 23.2 Å². The molecular weight excluding hydrogens is 441 g/mol. The normalized spacial score (nSPS) is 11.4. The van der Waals surface area contributed by atoms with Crippen LogP contribution in [0.5, 0.6) is 0 Å². The first-order chi connectivity index (χ1) is 12.3. The molecule has 0 spiro atoms. The third kappa shape index (κ3) is 5.49. The second-order valence-electron chi connectivity index (χ2n) is 5.54. The fourth-order valence-corrected chi connectivity index (χ4v) is 2.70. The summed E-state index contributed by atoms with van der Waals surface area (Å²) < 4.78 is -0.0551. The Balaban J connectivity index is 2.57. The maximum atomic E-state index is 11.7. The van der Waals surface area contributed by atoms with Crippen LogP contribution in [0.4, 0.5) is 11.4 Å². The fourth-order valence-electron chi connectivity index (χ4n) is 2.25. The minimum Gasteiger partial charge on any atom is -0.336 e. The smallest absolute Gasteiger partial charge is 0.330 e. The van der Waals surface area contributed by atoms with E-state index in [0.717, 1.165) is 11.1 Å². The Morgan fingerprint density at radius 3 is 1.81 bits per heavy atom. The van der Waals surface area contributed by atoms with Crippen LogP contribution in [0.15, 0.2) is 69.0 Å². The molecule has 2 aromatic rings. The lowest BCUT2D eigenvalue weighted by molar-refractivity contribution is -0.420. The molecule has 2 aromatic carbocycles. The number of aryl methyl sites for hydroxylation is 2. The largest absolute Gasteiger partial charge is 0.336 e. The summed E-state index contributed by atoms with van der Waals surface area (Å²) in [6, 6.07) is 14.9. The number of halogens is 3. The van der Waals surface area contributed by atoms with Gasteiger partial charge >= 0.3 is 5.70 Å². The first kappa shape index (κ1) is 20.3. The molecule has 0 fully saturated rings. The molecule has 0 aromatic heterocycles. The Kier molecular flexibility index (Phi) is 7.08. The van der Waals surface area contributed by atoms with Crippen LogP contribution in [0.25, 0.3) is 0 Å². The monoisotopic (exact) mass is 455 g/mol. The van der Waals surface area contributed by atoms with Crippen LogP contribution in [0.2, 0.25) is 0 Å². The first-order valence-corrected chi connectivity index (χ1v) is 9.10. The Morgan fingerprint density at radius 2 is 1.46 bits per heavy atom. The molecule has 0 bridgehead atoms. The predicted octanol–water partition coefficient (Wildman–Crippen LogP) is 6.31. The molecule has 5 nitrogen and oxygen atoms in total. The average molecular weight is 457 g/mol. The van der Waals surface area contributed by atoms with Gasteiger partial charge in [0.1, 0.15) is 8.97 Å². The van der Waals surface area contributed by atoms with Gasteiger partial charge < -0.3 is 10.6 Å². The molecule has 0 heterocycles. The lowest BCUT2D eigenvalue weighted by atomic mass is 10.2. The standard InChI is InChI=1S/C18H16BrCl2N3O2/c1-11-5-3-7-13(9-11)22-18(16(24(25)26)15(20)17(19)21)23-14-8-4-6-12(2)10-14/h3-10,22-23H,1-2H3. The van der Waals surface area contributed by atoms with E-state index < -0.39 is 4.92 Å². The van der Waals surface area contributed by atoms with Gasteiger partial charge in [0.2, 0.25) is 0 Å². The van der Waals surface area contributed by atoms with Crippen molar-refractivity contribution in [3.8, 4) is 0 Å². The Hall–Kier alpha value is -2.02. The lowest BCUT2D eigenvalue weighted by Crippen LogP contribution is -2.17. The number of nitro groups is 1. The van der Waals surface area contributed by atoms with E-state index in [1.807, 2.05) is 50.2 Å². The summed E-state index contributed by atoms with van der Waals surface area (Å²) in [5, 5.41) is 17.5. The number of anilines is 2.